The quantitative estimate of drug-likeness (QED) is 0.555. The molecule has 1 aliphatic heterocycles. The Labute approximate surface area is 140 Å². The largest absolute Gasteiger partial charge is 0.573 e. The molecule has 132 valence electrons. The Hall–Kier alpha value is -2.41. The van der Waals surface area contributed by atoms with Crippen LogP contribution in [-0.2, 0) is 10.3 Å². The predicted octanol–water partition coefficient (Wildman–Crippen LogP) is 5.19. The molecule has 1 unspecified atom stereocenters. The molecule has 25 heavy (non-hydrogen) atoms. The van der Waals surface area contributed by atoms with Gasteiger partial charge in [0.05, 0.1) is 6.61 Å². The number of alkyl halides is 3. The predicted molar refractivity (Wildman–Crippen MR) is 80.8 cm³/mol. The zero-order chi connectivity index (χ0) is 18.2. The summed E-state index contributed by atoms with van der Waals surface area (Å²) in [6.45, 7) is 1.96. The van der Waals surface area contributed by atoms with Gasteiger partial charge in [-0.25, -0.2) is 8.78 Å². The maximum atomic E-state index is 14.0. The van der Waals surface area contributed by atoms with Gasteiger partial charge < -0.3 is 9.47 Å². The van der Waals surface area contributed by atoms with Crippen LogP contribution in [0.1, 0.15) is 18.1 Å². The SMILES string of the molecule is C/C(=C\c1ccc(OC(F)(F)F)cc1)C1(c2ccc(F)cc2F)CO1. The van der Waals surface area contributed by atoms with E-state index >= 15 is 0 Å². The summed E-state index contributed by atoms with van der Waals surface area (Å²) >= 11 is 0. The summed E-state index contributed by atoms with van der Waals surface area (Å²) in [6, 6.07) is 8.53. The van der Waals surface area contributed by atoms with Gasteiger partial charge in [0.15, 0.2) is 0 Å². The van der Waals surface area contributed by atoms with Gasteiger partial charge >= 0.3 is 6.36 Å². The molecule has 0 radical (unpaired) electrons. The molecular weight excluding hydrogens is 343 g/mol. The first-order valence-corrected chi connectivity index (χ1v) is 7.34. The fourth-order valence-electron chi connectivity index (χ4n) is 2.62. The van der Waals surface area contributed by atoms with E-state index in [0.717, 1.165) is 12.1 Å². The standard InChI is InChI=1S/C18H13F5O2/c1-11(8-12-2-5-14(6-3-12)25-18(21,22)23)17(10-24-17)15-7-4-13(19)9-16(15)20/h2-9H,10H2,1H3/b11-8+. The highest BCUT2D eigenvalue weighted by molar-refractivity contribution is 5.58. The monoisotopic (exact) mass is 356 g/mol. The molecule has 2 aromatic rings. The zero-order valence-corrected chi connectivity index (χ0v) is 13.0. The fraction of sp³-hybridized carbons (Fsp3) is 0.222. The molecule has 3 rings (SSSR count). The first kappa shape index (κ1) is 17.4. The molecule has 2 nitrogen and oxygen atoms in total. The van der Waals surface area contributed by atoms with Gasteiger partial charge in [0.1, 0.15) is 23.0 Å². The van der Waals surface area contributed by atoms with Crippen LogP contribution in [0.4, 0.5) is 22.0 Å². The number of halogens is 5. The number of benzene rings is 2. The molecule has 1 saturated heterocycles. The molecule has 1 heterocycles. The second-order valence-electron chi connectivity index (χ2n) is 5.68. The van der Waals surface area contributed by atoms with Crippen LogP contribution >= 0.6 is 0 Å². The Balaban J connectivity index is 1.84. The van der Waals surface area contributed by atoms with Crippen molar-refractivity contribution in [3.63, 3.8) is 0 Å². The van der Waals surface area contributed by atoms with E-state index in [2.05, 4.69) is 4.74 Å². The average Bonchev–Trinajstić information content (AvgIpc) is 3.29. The maximum Gasteiger partial charge on any atom is 0.573 e. The van der Waals surface area contributed by atoms with Gasteiger partial charge in [0, 0.05) is 11.6 Å². The molecule has 1 atom stereocenters. The van der Waals surface area contributed by atoms with Crippen LogP contribution in [0.15, 0.2) is 48.0 Å². The van der Waals surface area contributed by atoms with E-state index in [4.69, 9.17) is 4.74 Å². The molecular formula is C18H13F5O2. The van der Waals surface area contributed by atoms with Crippen molar-refractivity contribution in [2.75, 3.05) is 6.61 Å². The molecule has 0 aliphatic carbocycles. The summed E-state index contributed by atoms with van der Waals surface area (Å²) < 4.78 is 72.8. The number of epoxide rings is 1. The summed E-state index contributed by atoms with van der Waals surface area (Å²) in [5.41, 5.74) is 0.505. The fourth-order valence-corrected chi connectivity index (χ4v) is 2.62. The minimum absolute atomic E-state index is 0.222. The average molecular weight is 356 g/mol. The summed E-state index contributed by atoms with van der Waals surface area (Å²) in [5, 5.41) is 0. The van der Waals surface area contributed by atoms with Crippen molar-refractivity contribution in [2.45, 2.75) is 18.9 Å². The first-order chi connectivity index (χ1) is 11.7. The Bertz CT molecular complexity index is 805. The van der Waals surface area contributed by atoms with E-state index in [9.17, 15) is 22.0 Å². The molecule has 1 aliphatic rings. The second-order valence-corrected chi connectivity index (χ2v) is 5.68. The molecule has 0 N–H and O–H groups in total. The van der Waals surface area contributed by atoms with E-state index in [1.165, 1.54) is 30.3 Å². The van der Waals surface area contributed by atoms with Gasteiger partial charge in [0.25, 0.3) is 0 Å². The van der Waals surface area contributed by atoms with Crippen LogP contribution in [0.25, 0.3) is 6.08 Å². The number of hydrogen-bond acceptors (Lipinski definition) is 2. The lowest BCUT2D eigenvalue weighted by Gasteiger charge is -2.15. The summed E-state index contributed by atoms with van der Waals surface area (Å²) in [6.07, 6.45) is -3.08. The van der Waals surface area contributed by atoms with Crippen LogP contribution < -0.4 is 4.74 Å². The second kappa shape index (κ2) is 6.15. The maximum absolute atomic E-state index is 14.0. The zero-order valence-electron chi connectivity index (χ0n) is 13.0. The smallest absolute Gasteiger partial charge is 0.406 e. The van der Waals surface area contributed by atoms with Gasteiger partial charge in [-0.15, -0.1) is 13.2 Å². The van der Waals surface area contributed by atoms with Crippen molar-refractivity contribution in [2.24, 2.45) is 0 Å². The Morgan fingerprint density at radius 3 is 2.28 bits per heavy atom. The topological polar surface area (TPSA) is 21.8 Å². The number of rotatable bonds is 4. The highest BCUT2D eigenvalue weighted by Crippen LogP contribution is 2.46. The third-order valence-corrected chi connectivity index (χ3v) is 3.93. The van der Waals surface area contributed by atoms with Gasteiger partial charge in [-0.05, 0) is 42.3 Å². The minimum atomic E-state index is -4.75. The van der Waals surface area contributed by atoms with Crippen molar-refractivity contribution in [3.05, 3.63) is 70.8 Å². The lowest BCUT2D eigenvalue weighted by atomic mass is 9.90. The van der Waals surface area contributed by atoms with Crippen LogP contribution in [0.2, 0.25) is 0 Å². The number of ether oxygens (including phenoxy) is 2. The summed E-state index contributed by atoms with van der Waals surface area (Å²) in [5.74, 6) is -1.72. The van der Waals surface area contributed by atoms with Gasteiger partial charge in [0.2, 0.25) is 0 Å². The molecule has 0 aromatic heterocycles. The Kier molecular flexibility index (Phi) is 4.28. The van der Waals surface area contributed by atoms with E-state index in [1.54, 1.807) is 13.0 Å². The third-order valence-electron chi connectivity index (χ3n) is 3.93. The molecule has 0 bridgehead atoms. The van der Waals surface area contributed by atoms with Gasteiger partial charge in [-0.2, -0.15) is 0 Å². The molecule has 0 spiro atoms. The Morgan fingerprint density at radius 1 is 1.12 bits per heavy atom. The lowest BCUT2D eigenvalue weighted by molar-refractivity contribution is -0.274. The lowest BCUT2D eigenvalue weighted by Crippen LogP contribution is -2.17. The highest BCUT2D eigenvalue weighted by atomic mass is 19.4. The van der Waals surface area contributed by atoms with E-state index in [0.29, 0.717) is 11.1 Å². The summed E-state index contributed by atoms with van der Waals surface area (Å²) in [7, 11) is 0. The number of hydrogen-bond donors (Lipinski definition) is 0. The van der Waals surface area contributed by atoms with E-state index < -0.39 is 23.6 Å². The van der Waals surface area contributed by atoms with Crippen molar-refractivity contribution in [1.29, 1.82) is 0 Å². The van der Waals surface area contributed by atoms with Crippen LogP contribution in [0.5, 0.6) is 5.75 Å². The van der Waals surface area contributed by atoms with Crippen LogP contribution in [-0.4, -0.2) is 13.0 Å². The highest BCUT2D eigenvalue weighted by Gasteiger charge is 2.49. The minimum Gasteiger partial charge on any atom is -0.406 e. The van der Waals surface area contributed by atoms with Crippen LogP contribution in [0, 0.1) is 11.6 Å². The van der Waals surface area contributed by atoms with Gasteiger partial charge in [-0.1, -0.05) is 18.2 Å². The molecule has 2 aromatic carbocycles. The first-order valence-electron chi connectivity index (χ1n) is 7.34. The van der Waals surface area contributed by atoms with Crippen molar-refractivity contribution >= 4 is 6.08 Å². The normalized spacial score (nSPS) is 20.5. The molecule has 1 fully saturated rings. The molecule has 0 amide bonds. The van der Waals surface area contributed by atoms with E-state index in [1.807, 2.05) is 0 Å². The molecule has 7 heteroatoms. The van der Waals surface area contributed by atoms with Crippen molar-refractivity contribution in [1.82, 2.24) is 0 Å². The van der Waals surface area contributed by atoms with Crippen molar-refractivity contribution < 1.29 is 31.4 Å². The van der Waals surface area contributed by atoms with Gasteiger partial charge in [-0.3, -0.25) is 0 Å². The van der Waals surface area contributed by atoms with E-state index in [-0.39, 0.29) is 17.9 Å². The third kappa shape index (κ3) is 3.82. The summed E-state index contributed by atoms with van der Waals surface area (Å²) in [4.78, 5) is 0. The van der Waals surface area contributed by atoms with Crippen LogP contribution in [0.3, 0.4) is 0 Å². The molecule has 0 saturated carbocycles. The Morgan fingerprint density at radius 2 is 1.76 bits per heavy atom. The van der Waals surface area contributed by atoms with Crippen molar-refractivity contribution in [3.8, 4) is 5.75 Å².